The molecule has 0 fully saturated rings. The van der Waals surface area contributed by atoms with Crippen molar-refractivity contribution in [2.45, 2.75) is 5.63 Å². The van der Waals surface area contributed by atoms with E-state index in [-0.39, 0.29) is 17.7 Å². The second-order valence-corrected chi connectivity index (χ2v) is 2.31. The minimum Gasteiger partial charge on any atom is -0.368 e. The highest BCUT2D eigenvalue weighted by atomic mass is 35.5. The van der Waals surface area contributed by atoms with Gasteiger partial charge in [-0.25, -0.2) is 4.39 Å². The lowest BCUT2D eigenvalue weighted by Gasteiger charge is -2.02. The first kappa shape index (κ1) is 8.92. The first-order valence-corrected chi connectivity index (χ1v) is 3.54. The molecule has 0 aromatic carbocycles. The van der Waals surface area contributed by atoms with Crippen LogP contribution in [0.2, 0.25) is 0 Å². The number of nitrogen functional groups attached to an aromatic ring is 1. The molecule has 1 aromatic heterocycles. The Bertz CT molecular complexity index is 279. The predicted octanol–water partition coefficient (Wildman–Crippen LogP) is 0.702. The first-order chi connectivity index (χ1) is 5.63. The molecular weight excluding hydrogens is 185 g/mol. The number of aromatic nitrogens is 3. The summed E-state index contributed by atoms with van der Waals surface area (Å²) >= 11 is 5.10. The summed E-state index contributed by atoms with van der Waals surface area (Å²) in [5, 5.41) is 2.60. The standard InChI is InChI=1S/C5H7ClFN5/c1-9-5-11-3(2(6)7)10-4(8)12-5/h2H,1H3,(H3,8,9,10,11,12). The maximum atomic E-state index is 12.5. The molecule has 0 bridgehead atoms. The molecule has 0 aliphatic carbocycles. The Morgan fingerprint density at radius 3 is 2.67 bits per heavy atom. The highest BCUT2D eigenvalue weighted by Gasteiger charge is 2.11. The summed E-state index contributed by atoms with van der Waals surface area (Å²) in [7, 11) is 1.58. The number of hydrogen-bond acceptors (Lipinski definition) is 5. The summed E-state index contributed by atoms with van der Waals surface area (Å²) < 4.78 is 12.5. The number of halogens is 2. The van der Waals surface area contributed by atoms with Crippen molar-refractivity contribution in [3.8, 4) is 0 Å². The zero-order valence-electron chi connectivity index (χ0n) is 6.25. The predicted molar refractivity (Wildman–Crippen MR) is 43.5 cm³/mol. The highest BCUT2D eigenvalue weighted by Crippen LogP contribution is 2.18. The van der Waals surface area contributed by atoms with Gasteiger partial charge in [-0.3, -0.25) is 0 Å². The minimum atomic E-state index is -1.76. The van der Waals surface area contributed by atoms with Crippen LogP contribution >= 0.6 is 11.6 Å². The highest BCUT2D eigenvalue weighted by molar-refractivity contribution is 6.19. The molecule has 1 aromatic rings. The second kappa shape index (κ2) is 3.48. The monoisotopic (exact) mass is 191 g/mol. The fourth-order valence-corrected chi connectivity index (χ4v) is 0.716. The van der Waals surface area contributed by atoms with Crippen molar-refractivity contribution < 1.29 is 4.39 Å². The number of anilines is 2. The van der Waals surface area contributed by atoms with Crippen molar-refractivity contribution >= 4 is 23.5 Å². The molecule has 0 spiro atoms. The summed E-state index contributed by atoms with van der Waals surface area (Å²) in [6, 6.07) is 0. The van der Waals surface area contributed by atoms with Crippen molar-refractivity contribution in [3.63, 3.8) is 0 Å². The lowest BCUT2D eigenvalue weighted by atomic mass is 10.6. The average molecular weight is 192 g/mol. The van der Waals surface area contributed by atoms with E-state index >= 15 is 0 Å². The van der Waals surface area contributed by atoms with Crippen LogP contribution in [0.15, 0.2) is 0 Å². The van der Waals surface area contributed by atoms with E-state index in [1.807, 2.05) is 0 Å². The van der Waals surface area contributed by atoms with Gasteiger partial charge in [0, 0.05) is 7.05 Å². The van der Waals surface area contributed by atoms with E-state index in [1.165, 1.54) is 0 Å². The van der Waals surface area contributed by atoms with Gasteiger partial charge in [0.15, 0.2) is 5.82 Å². The van der Waals surface area contributed by atoms with Crippen molar-refractivity contribution in [2.75, 3.05) is 18.1 Å². The molecule has 0 radical (unpaired) electrons. The molecule has 7 heteroatoms. The van der Waals surface area contributed by atoms with Crippen LogP contribution in [-0.4, -0.2) is 22.0 Å². The van der Waals surface area contributed by atoms with Gasteiger partial charge < -0.3 is 11.1 Å². The van der Waals surface area contributed by atoms with Crippen molar-refractivity contribution in [2.24, 2.45) is 0 Å². The molecule has 0 saturated heterocycles. The normalized spacial score (nSPS) is 12.6. The lowest BCUT2D eigenvalue weighted by molar-refractivity contribution is 0.440. The molecule has 12 heavy (non-hydrogen) atoms. The Hall–Kier alpha value is -1.17. The van der Waals surface area contributed by atoms with Gasteiger partial charge in [0.2, 0.25) is 17.5 Å². The first-order valence-electron chi connectivity index (χ1n) is 3.11. The quantitative estimate of drug-likeness (QED) is 0.673. The Balaban J connectivity index is 3.06. The fourth-order valence-electron chi connectivity index (χ4n) is 0.619. The van der Waals surface area contributed by atoms with Crippen LogP contribution in [0, 0.1) is 0 Å². The number of nitrogens with one attached hydrogen (secondary N) is 1. The summed E-state index contributed by atoms with van der Waals surface area (Å²) in [4.78, 5) is 10.8. The lowest BCUT2D eigenvalue weighted by Crippen LogP contribution is -2.06. The van der Waals surface area contributed by atoms with Crippen molar-refractivity contribution in [3.05, 3.63) is 5.82 Å². The third-order valence-corrected chi connectivity index (χ3v) is 1.28. The van der Waals surface area contributed by atoms with Crippen LogP contribution in [0.5, 0.6) is 0 Å². The SMILES string of the molecule is CNc1nc(N)nc(C(F)Cl)n1. The molecule has 5 nitrogen and oxygen atoms in total. The molecule has 1 heterocycles. The third kappa shape index (κ3) is 1.91. The molecule has 3 N–H and O–H groups in total. The van der Waals surface area contributed by atoms with Crippen LogP contribution in [-0.2, 0) is 0 Å². The van der Waals surface area contributed by atoms with E-state index in [2.05, 4.69) is 20.3 Å². The molecule has 0 aliphatic rings. The molecule has 0 saturated carbocycles. The van der Waals surface area contributed by atoms with Crippen LogP contribution < -0.4 is 11.1 Å². The number of nitrogens with zero attached hydrogens (tertiary/aromatic N) is 3. The van der Waals surface area contributed by atoms with E-state index in [0.717, 1.165) is 0 Å². The topological polar surface area (TPSA) is 76.7 Å². The number of nitrogens with two attached hydrogens (primary N) is 1. The summed E-state index contributed by atoms with van der Waals surface area (Å²) in [5.41, 5.74) is 3.48. The molecule has 0 aliphatic heterocycles. The Morgan fingerprint density at radius 1 is 1.50 bits per heavy atom. The van der Waals surface area contributed by atoms with E-state index in [4.69, 9.17) is 17.3 Å². The van der Waals surface area contributed by atoms with Crippen LogP contribution in [0.25, 0.3) is 0 Å². The van der Waals surface area contributed by atoms with E-state index in [0.29, 0.717) is 0 Å². The Morgan fingerprint density at radius 2 is 2.17 bits per heavy atom. The minimum absolute atomic E-state index is 0.0624. The summed E-state index contributed by atoms with van der Waals surface area (Å²) in [6.45, 7) is 0. The zero-order valence-corrected chi connectivity index (χ0v) is 7.01. The van der Waals surface area contributed by atoms with Gasteiger partial charge in [0.1, 0.15) is 0 Å². The number of alkyl halides is 2. The molecule has 1 rings (SSSR count). The van der Waals surface area contributed by atoms with Gasteiger partial charge in [-0.15, -0.1) is 0 Å². The summed E-state index contributed by atoms with van der Waals surface area (Å²) in [6.07, 6.45) is 0. The average Bonchev–Trinajstić information content (AvgIpc) is 2.03. The van der Waals surface area contributed by atoms with E-state index < -0.39 is 5.63 Å². The van der Waals surface area contributed by atoms with Crippen LogP contribution in [0.3, 0.4) is 0 Å². The maximum Gasteiger partial charge on any atom is 0.232 e. The Labute approximate surface area is 73.2 Å². The van der Waals surface area contributed by atoms with Crippen LogP contribution in [0.1, 0.15) is 11.5 Å². The van der Waals surface area contributed by atoms with Crippen molar-refractivity contribution in [1.29, 1.82) is 0 Å². The Kier molecular flexibility index (Phi) is 2.59. The van der Waals surface area contributed by atoms with Crippen molar-refractivity contribution in [1.82, 2.24) is 15.0 Å². The maximum absolute atomic E-state index is 12.5. The van der Waals surface area contributed by atoms with Gasteiger partial charge >= 0.3 is 0 Å². The fraction of sp³-hybridized carbons (Fsp3) is 0.400. The third-order valence-electron chi connectivity index (χ3n) is 1.09. The number of rotatable bonds is 2. The molecular formula is C5H7ClFN5. The largest absolute Gasteiger partial charge is 0.368 e. The van der Waals surface area contributed by atoms with Gasteiger partial charge in [0.25, 0.3) is 0 Å². The van der Waals surface area contributed by atoms with Gasteiger partial charge in [-0.2, -0.15) is 15.0 Å². The molecule has 1 atom stereocenters. The molecule has 66 valence electrons. The molecule has 0 amide bonds. The van der Waals surface area contributed by atoms with Crippen LogP contribution in [0.4, 0.5) is 16.3 Å². The zero-order chi connectivity index (χ0) is 9.14. The number of hydrogen-bond donors (Lipinski definition) is 2. The van der Waals surface area contributed by atoms with Gasteiger partial charge in [0.05, 0.1) is 0 Å². The molecule has 1 unspecified atom stereocenters. The van der Waals surface area contributed by atoms with E-state index in [9.17, 15) is 4.39 Å². The van der Waals surface area contributed by atoms with E-state index in [1.54, 1.807) is 7.05 Å². The smallest absolute Gasteiger partial charge is 0.232 e. The van der Waals surface area contributed by atoms with Gasteiger partial charge in [-0.1, -0.05) is 11.6 Å². The second-order valence-electron chi connectivity index (χ2n) is 1.93. The summed E-state index contributed by atoms with van der Waals surface area (Å²) in [5.74, 6) is -0.0537. The van der Waals surface area contributed by atoms with Gasteiger partial charge in [-0.05, 0) is 0 Å².